The molecule has 0 saturated heterocycles. The molecule has 0 N–H and O–H groups in total. The van der Waals surface area contributed by atoms with E-state index < -0.39 is 0 Å². The maximum atomic E-state index is 12.9. The highest BCUT2D eigenvalue weighted by atomic mass is 35.5. The van der Waals surface area contributed by atoms with Gasteiger partial charge >= 0.3 is 0 Å². The summed E-state index contributed by atoms with van der Waals surface area (Å²) in [7, 11) is 0. The first kappa shape index (κ1) is 14.7. The molecule has 2 aliphatic rings. The van der Waals surface area contributed by atoms with Crippen molar-refractivity contribution in [1.82, 2.24) is 9.88 Å². The van der Waals surface area contributed by atoms with Crippen LogP contribution in [-0.2, 0) is 11.3 Å². The number of amides is 1. The van der Waals surface area contributed by atoms with Crippen molar-refractivity contribution in [2.75, 3.05) is 0 Å². The fourth-order valence-electron chi connectivity index (χ4n) is 3.20. The zero-order chi connectivity index (χ0) is 15.8. The fraction of sp³-hybridized carbons (Fsp3) is 0.368. The summed E-state index contributed by atoms with van der Waals surface area (Å²) in [5, 5.41) is 0.743. The number of hydrogen-bond acceptors (Lipinski definition) is 2. The summed E-state index contributed by atoms with van der Waals surface area (Å²) in [6.45, 7) is 0.633. The van der Waals surface area contributed by atoms with Crippen LogP contribution >= 0.6 is 11.6 Å². The van der Waals surface area contributed by atoms with Crippen LogP contribution in [0.1, 0.15) is 36.4 Å². The van der Waals surface area contributed by atoms with Gasteiger partial charge < -0.3 is 4.90 Å². The minimum Gasteiger partial charge on any atom is -0.334 e. The van der Waals surface area contributed by atoms with Crippen LogP contribution < -0.4 is 0 Å². The van der Waals surface area contributed by atoms with Crippen LogP contribution in [-0.4, -0.2) is 21.8 Å². The molecule has 2 fully saturated rings. The Labute approximate surface area is 141 Å². The summed E-state index contributed by atoms with van der Waals surface area (Å²) in [5.41, 5.74) is 2.19. The van der Waals surface area contributed by atoms with Gasteiger partial charge in [-0.25, -0.2) is 0 Å². The SMILES string of the molecule is O=C([C@@H]1C[C@H]1c1ccc(Cl)cc1)N(Cc1ccccn1)C1CC1. The highest BCUT2D eigenvalue weighted by Gasteiger charge is 2.48. The van der Waals surface area contributed by atoms with Gasteiger partial charge in [0, 0.05) is 23.2 Å². The number of pyridine rings is 1. The zero-order valence-electron chi connectivity index (χ0n) is 12.9. The molecular weight excluding hydrogens is 308 g/mol. The first-order valence-corrected chi connectivity index (χ1v) is 8.56. The van der Waals surface area contributed by atoms with Crippen LogP contribution in [0.3, 0.4) is 0 Å². The molecule has 4 heteroatoms. The van der Waals surface area contributed by atoms with Crippen molar-refractivity contribution < 1.29 is 4.79 Å². The lowest BCUT2D eigenvalue weighted by Gasteiger charge is -2.22. The predicted molar refractivity (Wildman–Crippen MR) is 90.1 cm³/mol. The first-order valence-electron chi connectivity index (χ1n) is 8.18. The van der Waals surface area contributed by atoms with E-state index in [-0.39, 0.29) is 11.8 Å². The molecule has 3 nitrogen and oxygen atoms in total. The molecule has 23 heavy (non-hydrogen) atoms. The van der Waals surface area contributed by atoms with E-state index in [0.717, 1.165) is 30.0 Å². The normalized spacial score (nSPS) is 22.7. The standard InChI is InChI=1S/C19H19ClN2O/c20-14-6-4-13(5-7-14)17-11-18(17)19(23)22(16-8-9-16)12-15-3-1-2-10-21-15/h1-7,10,16-18H,8-9,11-12H2/t17-,18+/m0/s1. The van der Waals surface area contributed by atoms with Crippen LogP contribution in [0.5, 0.6) is 0 Å². The van der Waals surface area contributed by atoms with Crippen molar-refractivity contribution >= 4 is 17.5 Å². The van der Waals surface area contributed by atoms with Crippen LogP contribution in [0.15, 0.2) is 48.7 Å². The monoisotopic (exact) mass is 326 g/mol. The van der Waals surface area contributed by atoms with Crippen molar-refractivity contribution in [3.8, 4) is 0 Å². The summed E-state index contributed by atoms with van der Waals surface area (Å²) in [6, 6.07) is 14.2. The molecule has 1 heterocycles. The summed E-state index contributed by atoms with van der Waals surface area (Å²) in [6.07, 6.45) is 4.98. The van der Waals surface area contributed by atoms with Crippen LogP contribution in [0.2, 0.25) is 5.02 Å². The van der Waals surface area contributed by atoms with Crippen molar-refractivity contribution in [3.63, 3.8) is 0 Å². The first-order chi connectivity index (χ1) is 11.2. The van der Waals surface area contributed by atoms with E-state index in [1.165, 1.54) is 5.56 Å². The van der Waals surface area contributed by atoms with Crippen LogP contribution in [0.25, 0.3) is 0 Å². The number of rotatable bonds is 5. The number of carbonyl (C=O) groups is 1. The molecule has 0 aliphatic heterocycles. The molecule has 0 radical (unpaired) electrons. The highest BCUT2D eigenvalue weighted by Crippen LogP contribution is 2.49. The predicted octanol–water partition coefficient (Wildman–Crippen LogP) is 4.03. The largest absolute Gasteiger partial charge is 0.334 e. The third-order valence-corrected chi connectivity index (χ3v) is 4.99. The van der Waals surface area contributed by atoms with E-state index in [1.807, 2.05) is 47.4 Å². The van der Waals surface area contributed by atoms with Gasteiger partial charge in [0.25, 0.3) is 0 Å². The molecule has 1 amide bonds. The van der Waals surface area contributed by atoms with Crippen molar-refractivity contribution in [1.29, 1.82) is 0 Å². The van der Waals surface area contributed by atoms with Crippen molar-refractivity contribution in [2.45, 2.75) is 37.8 Å². The summed E-state index contributed by atoms with van der Waals surface area (Å²) in [4.78, 5) is 19.3. The lowest BCUT2D eigenvalue weighted by Crippen LogP contribution is -2.34. The average Bonchev–Trinajstić information content (AvgIpc) is 3.47. The van der Waals surface area contributed by atoms with Crippen LogP contribution in [0.4, 0.5) is 0 Å². The van der Waals surface area contributed by atoms with Gasteiger partial charge in [-0.1, -0.05) is 29.8 Å². The Bertz CT molecular complexity index is 697. The van der Waals surface area contributed by atoms with E-state index in [4.69, 9.17) is 11.6 Å². The number of hydrogen-bond donors (Lipinski definition) is 0. The Kier molecular flexibility index (Phi) is 3.82. The van der Waals surface area contributed by atoms with Gasteiger partial charge in [0.05, 0.1) is 12.2 Å². The van der Waals surface area contributed by atoms with Gasteiger partial charge in [0.2, 0.25) is 5.91 Å². The molecule has 2 aliphatic carbocycles. The van der Waals surface area contributed by atoms with E-state index >= 15 is 0 Å². The number of aromatic nitrogens is 1. The minimum absolute atomic E-state index is 0.125. The lowest BCUT2D eigenvalue weighted by molar-refractivity contribution is -0.134. The zero-order valence-corrected chi connectivity index (χ0v) is 13.6. The molecule has 118 valence electrons. The molecule has 0 unspecified atom stereocenters. The second-order valence-electron chi connectivity index (χ2n) is 6.52. The lowest BCUT2D eigenvalue weighted by atomic mass is 10.1. The molecule has 0 bridgehead atoms. The number of halogens is 1. The van der Waals surface area contributed by atoms with Crippen LogP contribution in [0, 0.1) is 5.92 Å². The Morgan fingerprint density at radius 2 is 1.96 bits per heavy atom. The molecule has 4 rings (SSSR count). The third kappa shape index (κ3) is 3.25. The van der Waals surface area contributed by atoms with Gasteiger partial charge in [-0.3, -0.25) is 9.78 Å². The maximum Gasteiger partial charge on any atom is 0.226 e. The number of carbonyl (C=O) groups excluding carboxylic acids is 1. The maximum absolute atomic E-state index is 12.9. The molecule has 0 spiro atoms. The number of nitrogens with zero attached hydrogens (tertiary/aromatic N) is 2. The van der Waals surface area contributed by atoms with Gasteiger partial charge in [0.15, 0.2) is 0 Å². The quantitative estimate of drug-likeness (QED) is 0.831. The molecular formula is C19H19ClN2O. The molecule has 2 aromatic rings. The topological polar surface area (TPSA) is 33.2 Å². The summed E-state index contributed by atoms with van der Waals surface area (Å²) in [5.74, 6) is 0.767. The average molecular weight is 327 g/mol. The fourth-order valence-corrected chi connectivity index (χ4v) is 3.32. The molecule has 1 aromatic carbocycles. The highest BCUT2D eigenvalue weighted by molar-refractivity contribution is 6.30. The van der Waals surface area contributed by atoms with E-state index in [9.17, 15) is 4.79 Å². The van der Waals surface area contributed by atoms with Gasteiger partial charge in [-0.2, -0.15) is 0 Å². The van der Waals surface area contributed by atoms with Gasteiger partial charge in [-0.05, 0) is 55.0 Å². The van der Waals surface area contributed by atoms with Crippen molar-refractivity contribution in [3.05, 3.63) is 64.9 Å². The Morgan fingerprint density at radius 1 is 1.17 bits per heavy atom. The summed E-state index contributed by atoms with van der Waals surface area (Å²) < 4.78 is 0. The third-order valence-electron chi connectivity index (χ3n) is 4.74. The second kappa shape index (κ2) is 5.97. The Balaban J connectivity index is 1.46. The smallest absolute Gasteiger partial charge is 0.226 e. The Hall–Kier alpha value is -1.87. The van der Waals surface area contributed by atoms with E-state index in [2.05, 4.69) is 4.98 Å². The van der Waals surface area contributed by atoms with E-state index in [1.54, 1.807) is 6.20 Å². The van der Waals surface area contributed by atoms with Crippen molar-refractivity contribution in [2.24, 2.45) is 5.92 Å². The molecule has 2 saturated carbocycles. The van der Waals surface area contributed by atoms with Gasteiger partial charge in [0.1, 0.15) is 0 Å². The molecule has 2 atom stereocenters. The van der Waals surface area contributed by atoms with Gasteiger partial charge in [-0.15, -0.1) is 0 Å². The number of benzene rings is 1. The minimum atomic E-state index is 0.125. The van der Waals surface area contributed by atoms with E-state index in [0.29, 0.717) is 18.5 Å². The Morgan fingerprint density at radius 3 is 2.61 bits per heavy atom. The second-order valence-corrected chi connectivity index (χ2v) is 6.96. The summed E-state index contributed by atoms with van der Waals surface area (Å²) >= 11 is 5.94. The molecule has 1 aromatic heterocycles.